The Morgan fingerprint density at radius 1 is 1.12 bits per heavy atom. The van der Waals surface area contributed by atoms with Crippen LogP contribution in [-0.2, 0) is 0 Å². The SMILES string of the molecule is Fc1ccc(-c2cn3ccc(Cl)cc3n2)cc1. The average Bonchev–Trinajstić information content (AvgIpc) is 2.72. The Hall–Kier alpha value is -1.87. The first-order valence-electron chi connectivity index (χ1n) is 5.12. The first-order chi connectivity index (χ1) is 8.22. The van der Waals surface area contributed by atoms with E-state index in [2.05, 4.69) is 4.98 Å². The molecule has 0 spiro atoms. The zero-order valence-corrected chi connectivity index (χ0v) is 9.53. The molecule has 1 aromatic carbocycles. The lowest BCUT2D eigenvalue weighted by Gasteiger charge is -1.94. The van der Waals surface area contributed by atoms with Crippen LogP contribution in [0.4, 0.5) is 4.39 Å². The van der Waals surface area contributed by atoms with Gasteiger partial charge in [-0.2, -0.15) is 0 Å². The standard InChI is InChI=1S/C13H8ClFN2/c14-10-5-6-17-8-12(16-13(17)7-10)9-1-3-11(15)4-2-9/h1-8H. The molecule has 0 saturated heterocycles. The first-order valence-corrected chi connectivity index (χ1v) is 5.50. The molecule has 0 aliphatic heterocycles. The smallest absolute Gasteiger partial charge is 0.138 e. The van der Waals surface area contributed by atoms with Gasteiger partial charge in [0.05, 0.1) is 5.69 Å². The Balaban J connectivity index is 2.14. The summed E-state index contributed by atoms with van der Waals surface area (Å²) in [6, 6.07) is 9.84. The highest BCUT2D eigenvalue weighted by atomic mass is 35.5. The molecule has 2 aromatic heterocycles. The average molecular weight is 247 g/mol. The molecule has 0 unspecified atom stereocenters. The highest BCUT2D eigenvalue weighted by molar-refractivity contribution is 6.30. The van der Waals surface area contributed by atoms with Crippen LogP contribution in [0.15, 0.2) is 48.8 Å². The minimum atomic E-state index is -0.249. The van der Waals surface area contributed by atoms with E-state index in [4.69, 9.17) is 11.6 Å². The Bertz CT molecular complexity index is 673. The number of aromatic nitrogens is 2. The molecular weight excluding hydrogens is 239 g/mol. The van der Waals surface area contributed by atoms with Gasteiger partial charge in [-0.1, -0.05) is 11.6 Å². The van der Waals surface area contributed by atoms with E-state index < -0.39 is 0 Å². The molecule has 0 aliphatic carbocycles. The number of fused-ring (bicyclic) bond motifs is 1. The molecule has 84 valence electrons. The van der Waals surface area contributed by atoms with Crippen LogP contribution in [-0.4, -0.2) is 9.38 Å². The molecule has 2 heterocycles. The van der Waals surface area contributed by atoms with Gasteiger partial charge < -0.3 is 4.40 Å². The van der Waals surface area contributed by atoms with Gasteiger partial charge >= 0.3 is 0 Å². The number of benzene rings is 1. The maximum atomic E-state index is 12.8. The summed E-state index contributed by atoms with van der Waals surface area (Å²) >= 11 is 5.89. The van der Waals surface area contributed by atoms with Gasteiger partial charge in [-0.25, -0.2) is 9.37 Å². The molecule has 0 bridgehead atoms. The van der Waals surface area contributed by atoms with Crippen molar-refractivity contribution < 1.29 is 4.39 Å². The third kappa shape index (κ3) is 1.89. The number of hydrogen-bond acceptors (Lipinski definition) is 1. The van der Waals surface area contributed by atoms with Gasteiger partial charge in [0.2, 0.25) is 0 Å². The largest absolute Gasteiger partial charge is 0.306 e. The van der Waals surface area contributed by atoms with Crippen molar-refractivity contribution in [1.29, 1.82) is 0 Å². The number of hydrogen-bond donors (Lipinski definition) is 0. The lowest BCUT2D eigenvalue weighted by molar-refractivity contribution is 0.628. The van der Waals surface area contributed by atoms with Gasteiger partial charge in [-0.3, -0.25) is 0 Å². The van der Waals surface area contributed by atoms with Gasteiger partial charge in [-0.05, 0) is 30.3 Å². The van der Waals surface area contributed by atoms with Crippen LogP contribution >= 0.6 is 11.6 Å². The fourth-order valence-electron chi connectivity index (χ4n) is 1.72. The molecule has 17 heavy (non-hydrogen) atoms. The van der Waals surface area contributed by atoms with E-state index in [9.17, 15) is 4.39 Å². The van der Waals surface area contributed by atoms with Crippen LogP contribution in [0.3, 0.4) is 0 Å². The second-order valence-corrected chi connectivity index (χ2v) is 4.18. The maximum Gasteiger partial charge on any atom is 0.138 e. The van der Waals surface area contributed by atoms with E-state index in [1.807, 2.05) is 16.8 Å². The van der Waals surface area contributed by atoms with Crippen LogP contribution in [0.5, 0.6) is 0 Å². The molecule has 0 radical (unpaired) electrons. The monoisotopic (exact) mass is 246 g/mol. The van der Waals surface area contributed by atoms with Gasteiger partial charge in [0.25, 0.3) is 0 Å². The molecule has 2 nitrogen and oxygen atoms in total. The Kier molecular flexibility index (Phi) is 2.34. The fourth-order valence-corrected chi connectivity index (χ4v) is 1.87. The van der Waals surface area contributed by atoms with Crippen molar-refractivity contribution in [2.24, 2.45) is 0 Å². The molecular formula is C13H8ClFN2. The summed E-state index contributed by atoms with van der Waals surface area (Å²) in [6.45, 7) is 0. The summed E-state index contributed by atoms with van der Waals surface area (Å²) in [5, 5.41) is 0.647. The fraction of sp³-hybridized carbons (Fsp3) is 0. The van der Waals surface area contributed by atoms with E-state index in [1.54, 1.807) is 24.3 Å². The van der Waals surface area contributed by atoms with E-state index in [-0.39, 0.29) is 5.82 Å². The molecule has 0 saturated carbocycles. The minimum absolute atomic E-state index is 0.249. The highest BCUT2D eigenvalue weighted by Crippen LogP contribution is 2.20. The summed E-state index contributed by atoms with van der Waals surface area (Å²) in [7, 11) is 0. The first kappa shape index (κ1) is 10.3. The lowest BCUT2D eigenvalue weighted by atomic mass is 10.2. The molecule has 0 aliphatic rings. The van der Waals surface area contributed by atoms with Gasteiger partial charge in [0.1, 0.15) is 11.5 Å². The summed E-state index contributed by atoms with van der Waals surface area (Å²) < 4.78 is 14.7. The number of rotatable bonds is 1. The van der Waals surface area contributed by atoms with Crippen molar-refractivity contribution >= 4 is 17.2 Å². The van der Waals surface area contributed by atoms with Crippen molar-refractivity contribution in [2.75, 3.05) is 0 Å². The van der Waals surface area contributed by atoms with Crippen LogP contribution in [0, 0.1) is 5.82 Å². The van der Waals surface area contributed by atoms with Crippen LogP contribution in [0.1, 0.15) is 0 Å². The summed E-state index contributed by atoms with van der Waals surface area (Å²) in [5.41, 5.74) is 2.45. The molecule has 0 atom stereocenters. The normalized spacial score (nSPS) is 10.9. The van der Waals surface area contributed by atoms with Gasteiger partial charge in [-0.15, -0.1) is 0 Å². The third-order valence-electron chi connectivity index (χ3n) is 2.56. The third-order valence-corrected chi connectivity index (χ3v) is 2.80. The quantitative estimate of drug-likeness (QED) is 0.639. The van der Waals surface area contributed by atoms with Crippen molar-refractivity contribution in [3.8, 4) is 11.3 Å². The molecule has 0 fully saturated rings. The van der Waals surface area contributed by atoms with E-state index in [1.165, 1.54) is 12.1 Å². The predicted octanol–water partition coefficient (Wildman–Crippen LogP) is 3.79. The summed E-state index contributed by atoms with van der Waals surface area (Å²) in [4.78, 5) is 4.43. The van der Waals surface area contributed by atoms with E-state index >= 15 is 0 Å². The Morgan fingerprint density at radius 3 is 2.65 bits per heavy atom. The zero-order chi connectivity index (χ0) is 11.8. The van der Waals surface area contributed by atoms with Crippen LogP contribution < -0.4 is 0 Å². The van der Waals surface area contributed by atoms with Crippen molar-refractivity contribution in [1.82, 2.24) is 9.38 Å². The molecule has 0 N–H and O–H groups in total. The number of halogens is 2. The van der Waals surface area contributed by atoms with Crippen LogP contribution in [0.25, 0.3) is 16.9 Å². The van der Waals surface area contributed by atoms with Crippen molar-refractivity contribution in [3.05, 3.63) is 59.6 Å². The lowest BCUT2D eigenvalue weighted by Crippen LogP contribution is -1.79. The second kappa shape index (κ2) is 3.86. The van der Waals surface area contributed by atoms with Crippen LogP contribution in [0.2, 0.25) is 5.02 Å². The molecule has 3 aromatic rings. The Labute approximate surface area is 102 Å². The van der Waals surface area contributed by atoms with E-state index in [0.29, 0.717) is 5.02 Å². The highest BCUT2D eigenvalue weighted by Gasteiger charge is 2.04. The van der Waals surface area contributed by atoms with Crippen molar-refractivity contribution in [2.45, 2.75) is 0 Å². The topological polar surface area (TPSA) is 17.3 Å². The van der Waals surface area contributed by atoms with E-state index in [0.717, 1.165) is 16.9 Å². The summed E-state index contributed by atoms with van der Waals surface area (Å²) in [6.07, 6.45) is 3.73. The molecule has 3 rings (SSSR count). The number of nitrogens with zero attached hydrogens (tertiary/aromatic N) is 2. The number of pyridine rings is 1. The summed E-state index contributed by atoms with van der Waals surface area (Å²) in [5.74, 6) is -0.249. The zero-order valence-electron chi connectivity index (χ0n) is 8.77. The maximum absolute atomic E-state index is 12.8. The van der Waals surface area contributed by atoms with Gasteiger partial charge in [0.15, 0.2) is 0 Å². The molecule has 0 amide bonds. The van der Waals surface area contributed by atoms with Gasteiger partial charge in [0, 0.05) is 29.0 Å². The number of imidazole rings is 1. The van der Waals surface area contributed by atoms with Crippen molar-refractivity contribution in [3.63, 3.8) is 0 Å². The predicted molar refractivity (Wildman–Crippen MR) is 65.6 cm³/mol. The second-order valence-electron chi connectivity index (χ2n) is 3.74. The Morgan fingerprint density at radius 2 is 1.88 bits per heavy atom. The molecule has 4 heteroatoms. The minimum Gasteiger partial charge on any atom is -0.306 e.